The molecule has 206 valence electrons. The molecule has 2 amide bonds. The Kier molecular flexibility index (Phi) is 8.85. The van der Waals surface area contributed by atoms with Crippen molar-refractivity contribution in [3.8, 4) is 0 Å². The van der Waals surface area contributed by atoms with E-state index in [0.717, 1.165) is 23.2 Å². The first-order valence-electron chi connectivity index (χ1n) is 12.8. The molecule has 0 unspecified atom stereocenters. The van der Waals surface area contributed by atoms with Crippen LogP contribution in [0, 0.1) is 0 Å². The van der Waals surface area contributed by atoms with Gasteiger partial charge in [0.05, 0.1) is 5.69 Å². The third-order valence-corrected chi connectivity index (χ3v) is 7.10. The van der Waals surface area contributed by atoms with Crippen LogP contribution in [0.5, 0.6) is 0 Å². The number of halogens is 2. The Morgan fingerprint density at radius 3 is 2.53 bits per heavy atom. The molecule has 3 heterocycles. The molecule has 0 atom stereocenters. The summed E-state index contributed by atoms with van der Waals surface area (Å²) >= 11 is 12.5. The third-order valence-electron chi connectivity index (χ3n) is 6.51. The average molecular weight is 565 g/mol. The molecule has 1 fully saturated rings. The Hall–Kier alpha value is -2.82. The maximum absolute atomic E-state index is 12.5. The number of benzene rings is 1. The number of hydrogen-bond acceptors (Lipinski definition) is 8. The van der Waals surface area contributed by atoms with Crippen molar-refractivity contribution >= 4 is 47.5 Å². The molecular weight excluding hydrogens is 529 g/mol. The molecule has 1 saturated heterocycles. The summed E-state index contributed by atoms with van der Waals surface area (Å²) in [7, 11) is 0. The van der Waals surface area contributed by atoms with Crippen LogP contribution in [0.2, 0.25) is 10.0 Å². The molecule has 38 heavy (non-hydrogen) atoms. The number of hydrazine groups is 1. The van der Waals surface area contributed by atoms with Crippen LogP contribution in [0.25, 0.3) is 0 Å². The Balaban J connectivity index is 1.56. The molecular formula is C26H35Cl2N7O3. The summed E-state index contributed by atoms with van der Waals surface area (Å²) in [6, 6.07) is 5.41. The molecule has 1 aromatic carbocycles. The number of anilines is 2. The summed E-state index contributed by atoms with van der Waals surface area (Å²) in [5.41, 5.74) is 2.27. The highest BCUT2D eigenvalue weighted by atomic mass is 35.5. The highest BCUT2D eigenvalue weighted by Gasteiger charge is 2.30. The van der Waals surface area contributed by atoms with E-state index in [1.165, 1.54) is 0 Å². The minimum Gasteiger partial charge on any atom is -0.444 e. The number of fused-ring (bicyclic) bond motifs is 1. The van der Waals surface area contributed by atoms with E-state index in [9.17, 15) is 9.59 Å². The summed E-state index contributed by atoms with van der Waals surface area (Å²) < 4.78 is 5.53. The molecule has 0 bridgehead atoms. The van der Waals surface area contributed by atoms with Crippen molar-refractivity contribution in [2.24, 2.45) is 0 Å². The van der Waals surface area contributed by atoms with Crippen LogP contribution in [-0.2, 0) is 29.0 Å². The van der Waals surface area contributed by atoms with Crippen molar-refractivity contribution in [2.45, 2.75) is 52.8 Å². The fraction of sp³-hybridized carbons (Fsp3) is 0.538. The third kappa shape index (κ3) is 6.78. The standard InChI is InChI=1S/C26H35Cl2N7O3/c1-5-34(17-36)35-9-8-22-20(16-35)23(29-15-18-6-7-19(27)14-21(18)28)31-24(30-22)32-10-12-33(13-11-32)25(37)38-26(2,3)4/h6-7,14,17H,5,8-13,15-16H2,1-4H3,(H,29,30,31). The summed E-state index contributed by atoms with van der Waals surface area (Å²) in [6.07, 6.45) is 1.23. The second-order valence-corrected chi connectivity index (χ2v) is 11.2. The van der Waals surface area contributed by atoms with Gasteiger partial charge in [-0.15, -0.1) is 0 Å². The minimum atomic E-state index is -0.533. The van der Waals surface area contributed by atoms with E-state index in [0.29, 0.717) is 80.6 Å². The topological polar surface area (TPSA) is 94.1 Å². The SMILES string of the molecule is CCN(C=O)N1CCc2nc(N3CCN(C(=O)OC(C)(C)C)CC3)nc(NCc3ccc(Cl)cc3Cl)c2C1. The number of hydrogen-bond donors (Lipinski definition) is 1. The zero-order valence-corrected chi connectivity index (χ0v) is 23.8. The number of amides is 2. The van der Waals surface area contributed by atoms with Crippen LogP contribution in [0.4, 0.5) is 16.6 Å². The first kappa shape index (κ1) is 28.2. The van der Waals surface area contributed by atoms with Crippen molar-refractivity contribution < 1.29 is 14.3 Å². The molecule has 1 aromatic heterocycles. The lowest BCUT2D eigenvalue weighted by Gasteiger charge is -2.37. The minimum absolute atomic E-state index is 0.304. The second-order valence-electron chi connectivity index (χ2n) is 10.3. The predicted octanol–water partition coefficient (Wildman–Crippen LogP) is 4.20. The van der Waals surface area contributed by atoms with E-state index in [1.807, 2.05) is 38.8 Å². The molecule has 0 spiro atoms. The van der Waals surface area contributed by atoms with E-state index in [-0.39, 0.29) is 6.09 Å². The van der Waals surface area contributed by atoms with Crippen LogP contribution in [0.3, 0.4) is 0 Å². The molecule has 0 saturated carbocycles. The van der Waals surface area contributed by atoms with Crippen LogP contribution in [0.15, 0.2) is 18.2 Å². The van der Waals surface area contributed by atoms with E-state index in [1.54, 1.807) is 22.0 Å². The van der Waals surface area contributed by atoms with Gasteiger partial charge in [-0.3, -0.25) is 9.80 Å². The predicted molar refractivity (Wildman–Crippen MR) is 148 cm³/mol. The summed E-state index contributed by atoms with van der Waals surface area (Å²) in [6.45, 7) is 12.0. The highest BCUT2D eigenvalue weighted by molar-refractivity contribution is 6.35. The molecule has 12 heteroatoms. The van der Waals surface area contributed by atoms with Gasteiger partial charge in [-0.2, -0.15) is 4.98 Å². The molecule has 2 aliphatic rings. The fourth-order valence-corrected chi connectivity index (χ4v) is 4.97. The van der Waals surface area contributed by atoms with Gasteiger partial charge in [0.2, 0.25) is 12.4 Å². The van der Waals surface area contributed by atoms with Crippen LogP contribution in [-0.4, -0.2) is 82.3 Å². The first-order valence-corrected chi connectivity index (χ1v) is 13.6. The number of rotatable bonds is 7. The molecule has 0 radical (unpaired) electrons. The van der Waals surface area contributed by atoms with Crippen LogP contribution < -0.4 is 10.2 Å². The maximum atomic E-state index is 12.5. The van der Waals surface area contributed by atoms with Crippen molar-refractivity contribution in [3.05, 3.63) is 45.1 Å². The van der Waals surface area contributed by atoms with Gasteiger partial charge in [0.25, 0.3) is 0 Å². The normalized spacial score (nSPS) is 16.2. The van der Waals surface area contributed by atoms with Gasteiger partial charge >= 0.3 is 6.09 Å². The van der Waals surface area contributed by atoms with Gasteiger partial charge in [-0.05, 0) is 45.4 Å². The highest BCUT2D eigenvalue weighted by Crippen LogP contribution is 2.29. The summed E-state index contributed by atoms with van der Waals surface area (Å²) in [5, 5.41) is 8.29. The molecule has 2 aliphatic heterocycles. The van der Waals surface area contributed by atoms with Gasteiger partial charge in [-0.25, -0.2) is 14.8 Å². The molecule has 10 nitrogen and oxygen atoms in total. The molecule has 4 rings (SSSR count). The fourth-order valence-electron chi connectivity index (χ4n) is 4.49. The molecule has 0 aliphatic carbocycles. The Bertz CT molecular complexity index is 1170. The summed E-state index contributed by atoms with van der Waals surface area (Å²) in [4.78, 5) is 37.7. The maximum Gasteiger partial charge on any atom is 0.410 e. The Morgan fingerprint density at radius 1 is 1.16 bits per heavy atom. The van der Waals surface area contributed by atoms with Crippen LogP contribution >= 0.6 is 23.2 Å². The average Bonchev–Trinajstić information content (AvgIpc) is 2.88. The number of ether oxygens (including phenoxy) is 1. The zero-order valence-electron chi connectivity index (χ0n) is 22.3. The monoisotopic (exact) mass is 563 g/mol. The van der Waals surface area contributed by atoms with E-state index < -0.39 is 5.60 Å². The van der Waals surface area contributed by atoms with Gasteiger partial charge in [-0.1, -0.05) is 29.3 Å². The lowest BCUT2D eigenvalue weighted by molar-refractivity contribution is -0.135. The quantitative estimate of drug-likeness (QED) is 0.501. The molecule has 2 aromatic rings. The van der Waals surface area contributed by atoms with E-state index in [2.05, 4.69) is 10.2 Å². The first-order chi connectivity index (χ1) is 18.1. The lowest BCUT2D eigenvalue weighted by Crippen LogP contribution is -2.50. The van der Waals surface area contributed by atoms with Crippen molar-refractivity contribution in [1.29, 1.82) is 0 Å². The molecule has 1 N–H and O–H groups in total. The number of carbonyl (C=O) groups is 2. The van der Waals surface area contributed by atoms with E-state index >= 15 is 0 Å². The van der Waals surface area contributed by atoms with Gasteiger partial charge in [0.15, 0.2) is 0 Å². The van der Waals surface area contributed by atoms with Gasteiger partial charge in [0, 0.05) is 74.4 Å². The lowest BCUT2D eigenvalue weighted by atomic mass is 10.1. The number of aromatic nitrogens is 2. The van der Waals surface area contributed by atoms with Crippen molar-refractivity contribution in [2.75, 3.05) is 49.5 Å². The number of carbonyl (C=O) groups excluding carboxylic acids is 2. The van der Waals surface area contributed by atoms with E-state index in [4.69, 9.17) is 37.9 Å². The second kappa shape index (κ2) is 11.9. The number of piperazine rings is 1. The number of nitrogens with one attached hydrogen (secondary N) is 1. The smallest absolute Gasteiger partial charge is 0.410 e. The largest absolute Gasteiger partial charge is 0.444 e. The van der Waals surface area contributed by atoms with Gasteiger partial charge < -0.3 is 19.9 Å². The van der Waals surface area contributed by atoms with Gasteiger partial charge in [0.1, 0.15) is 11.4 Å². The van der Waals surface area contributed by atoms with Crippen LogP contribution in [0.1, 0.15) is 44.5 Å². The number of nitrogens with zero attached hydrogens (tertiary/aromatic N) is 6. The van der Waals surface area contributed by atoms with Crippen molar-refractivity contribution in [1.82, 2.24) is 24.9 Å². The zero-order chi connectivity index (χ0) is 27.4. The Labute approximate surface area is 233 Å². The summed E-state index contributed by atoms with van der Waals surface area (Å²) in [5.74, 6) is 1.32. The van der Waals surface area contributed by atoms with Crippen molar-refractivity contribution in [3.63, 3.8) is 0 Å². The Morgan fingerprint density at radius 2 is 1.89 bits per heavy atom.